The quantitative estimate of drug-likeness (QED) is 0.315. The predicted molar refractivity (Wildman–Crippen MR) is 141 cm³/mol. The Morgan fingerprint density at radius 3 is 2.37 bits per heavy atom. The van der Waals surface area contributed by atoms with Crippen LogP contribution in [0.3, 0.4) is 0 Å². The lowest BCUT2D eigenvalue weighted by Gasteiger charge is -2.60. The van der Waals surface area contributed by atoms with Gasteiger partial charge in [-0.2, -0.15) is 13.2 Å². The minimum Gasteiger partial charge on any atom is -0.291 e. The van der Waals surface area contributed by atoms with E-state index in [9.17, 15) is 13.2 Å². The molecule has 5 atom stereocenters. The first-order valence-corrected chi connectivity index (χ1v) is 14.0. The summed E-state index contributed by atoms with van der Waals surface area (Å²) in [5, 5.41) is 3.15. The van der Waals surface area contributed by atoms with E-state index in [1.165, 1.54) is 16.7 Å². The second kappa shape index (κ2) is 12.3. The molecule has 1 N–H and O–H groups in total. The van der Waals surface area contributed by atoms with Crippen molar-refractivity contribution in [3.05, 3.63) is 47.0 Å². The molecule has 0 bridgehead atoms. The molecule has 198 valence electrons. The van der Waals surface area contributed by atoms with Crippen LogP contribution in [-0.2, 0) is 12.8 Å². The van der Waals surface area contributed by atoms with Gasteiger partial charge in [0.2, 0.25) is 0 Å². The Hall–Kier alpha value is -1.33. The summed E-state index contributed by atoms with van der Waals surface area (Å²) in [6, 6.07) is 5.52. The summed E-state index contributed by atoms with van der Waals surface area (Å²) in [6.45, 7) is 15.0. The number of hydrogen-bond donors (Lipinski definition) is 1. The first-order valence-electron chi connectivity index (χ1n) is 14.0. The Labute approximate surface area is 211 Å². The molecule has 3 rings (SSSR count). The molecule has 5 heteroatoms. The second-order valence-electron chi connectivity index (χ2n) is 11.1. The molecule has 1 aliphatic heterocycles. The summed E-state index contributed by atoms with van der Waals surface area (Å²) >= 11 is 0. The number of likely N-dealkylation sites (tertiary alicyclic amines) is 1. The maximum Gasteiger partial charge on any atom is 0.404 e. The van der Waals surface area contributed by atoms with E-state index in [-0.39, 0.29) is 24.2 Å². The van der Waals surface area contributed by atoms with Crippen LogP contribution in [0.2, 0.25) is 0 Å². The van der Waals surface area contributed by atoms with Crippen molar-refractivity contribution in [2.75, 3.05) is 0 Å². The molecule has 1 aromatic rings. The van der Waals surface area contributed by atoms with Gasteiger partial charge in [0.1, 0.15) is 6.04 Å². The van der Waals surface area contributed by atoms with Gasteiger partial charge in [-0.15, -0.1) is 0 Å². The molecule has 0 amide bonds. The summed E-state index contributed by atoms with van der Waals surface area (Å²) in [5.74, 6) is 0.0619. The summed E-state index contributed by atoms with van der Waals surface area (Å²) in [6.07, 6.45) is 4.42. The molecule has 2 nitrogen and oxygen atoms in total. The number of aryl methyl sites for hydroxylation is 1. The van der Waals surface area contributed by atoms with Gasteiger partial charge < -0.3 is 0 Å². The topological polar surface area (TPSA) is 15.3 Å². The van der Waals surface area contributed by atoms with Crippen molar-refractivity contribution >= 4 is 0 Å². The Kier molecular flexibility index (Phi) is 9.90. The highest BCUT2D eigenvalue weighted by atomic mass is 19.4. The van der Waals surface area contributed by atoms with E-state index in [0.717, 1.165) is 50.5 Å². The molecular weight excluding hydrogens is 445 g/mol. The van der Waals surface area contributed by atoms with Crippen molar-refractivity contribution in [3.63, 3.8) is 0 Å². The van der Waals surface area contributed by atoms with Crippen LogP contribution < -0.4 is 5.32 Å². The van der Waals surface area contributed by atoms with Gasteiger partial charge in [-0.3, -0.25) is 10.2 Å². The van der Waals surface area contributed by atoms with Gasteiger partial charge in [0, 0.05) is 12.1 Å². The molecule has 2 fully saturated rings. The number of nitrogens with one attached hydrogen (secondary N) is 1. The van der Waals surface area contributed by atoms with Gasteiger partial charge in [-0.05, 0) is 80.9 Å². The van der Waals surface area contributed by atoms with Crippen LogP contribution in [0.15, 0.2) is 30.4 Å². The van der Waals surface area contributed by atoms with E-state index in [2.05, 4.69) is 62.7 Å². The number of nitrogens with zero attached hydrogens (tertiary/aromatic N) is 1. The fraction of sp³-hybridized carbons (Fsp3) is 0.733. The largest absolute Gasteiger partial charge is 0.404 e. The average Bonchev–Trinajstić information content (AvgIpc) is 2.79. The van der Waals surface area contributed by atoms with Crippen LogP contribution >= 0.6 is 0 Å². The third kappa shape index (κ3) is 6.33. The van der Waals surface area contributed by atoms with E-state index >= 15 is 0 Å². The summed E-state index contributed by atoms with van der Waals surface area (Å²) < 4.78 is 42.7. The zero-order valence-electron chi connectivity index (χ0n) is 22.6. The van der Waals surface area contributed by atoms with Gasteiger partial charge in [-0.1, -0.05) is 76.8 Å². The number of alkyl halides is 3. The Balaban J connectivity index is 1.85. The molecule has 0 aromatic heterocycles. The van der Waals surface area contributed by atoms with E-state index in [4.69, 9.17) is 0 Å². The Morgan fingerprint density at radius 2 is 1.83 bits per heavy atom. The Morgan fingerprint density at radius 1 is 1.14 bits per heavy atom. The fourth-order valence-electron chi connectivity index (χ4n) is 6.97. The van der Waals surface area contributed by atoms with Crippen LogP contribution in [0.4, 0.5) is 13.2 Å². The van der Waals surface area contributed by atoms with Crippen molar-refractivity contribution in [1.82, 2.24) is 10.2 Å². The Bertz CT molecular complexity index is 827. The highest BCUT2D eigenvalue weighted by molar-refractivity contribution is 5.36. The minimum atomic E-state index is -4.23. The van der Waals surface area contributed by atoms with Crippen LogP contribution in [0, 0.1) is 18.8 Å². The van der Waals surface area contributed by atoms with Crippen LogP contribution in [0.1, 0.15) is 95.8 Å². The maximum atomic E-state index is 14.2. The molecule has 1 saturated carbocycles. The molecule has 1 aliphatic carbocycles. The molecule has 2 aliphatic rings. The summed E-state index contributed by atoms with van der Waals surface area (Å²) in [7, 11) is 0. The smallest absolute Gasteiger partial charge is 0.291 e. The lowest BCUT2D eigenvalue weighted by Crippen LogP contribution is -2.72. The van der Waals surface area contributed by atoms with E-state index in [1.807, 2.05) is 6.92 Å². The normalized spacial score (nSPS) is 25.8. The molecule has 1 saturated heterocycles. The van der Waals surface area contributed by atoms with Gasteiger partial charge >= 0.3 is 6.18 Å². The van der Waals surface area contributed by atoms with Crippen LogP contribution in [0.5, 0.6) is 0 Å². The second-order valence-corrected chi connectivity index (χ2v) is 11.1. The van der Waals surface area contributed by atoms with Crippen LogP contribution in [0.25, 0.3) is 0 Å². The van der Waals surface area contributed by atoms with Crippen molar-refractivity contribution in [2.24, 2.45) is 11.8 Å². The number of rotatable bonds is 11. The third-order valence-electron chi connectivity index (χ3n) is 8.58. The summed E-state index contributed by atoms with van der Waals surface area (Å²) in [5.41, 5.74) is 5.25. The monoisotopic (exact) mass is 492 g/mol. The molecule has 4 unspecified atom stereocenters. The maximum absolute atomic E-state index is 14.2. The molecule has 35 heavy (non-hydrogen) atoms. The minimum absolute atomic E-state index is 0.104. The van der Waals surface area contributed by atoms with Gasteiger partial charge in [0.25, 0.3) is 0 Å². The average molecular weight is 493 g/mol. The van der Waals surface area contributed by atoms with E-state index in [0.29, 0.717) is 25.2 Å². The standard InChI is InChI=1S/C30H47F3N2/c1-7-14-24-21(6)15-13-18-23(24)19-25-26(8-2)35(28(25)20(4)5)27(9-3)34-29(30(31,32)33)22-16-11-10-12-17-22/h13,15,18,22,25-29,34H,4,7-12,14,16-17,19H2,1-3,5-6H3/t25-,26?,27?,28?,29?/m0/s1. The molecule has 1 aromatic carbocycles. The lowest BCUT2D eigenvalue weighted by molar-refractivity contribution is -0.183. The zero-order valence-corrected chi connectivity index (χ0v) is 22.6. The highest BCUT2D eigenvalue weighted by Gasteiger charge is 2.52. The summed E-state index contributed by atoms with van der Waals surface area (Å²) in [4.78, 5) is 2.34. The van der Waals surface area contributed by atoms with Crippen LogP contribution in [-0.4, -0.2) is 35.4 Å². The first kappa shape index (κ1) is 28.2. The number of benzene rings is 1. The van der Waals surface area contributed by atoms with Gasteiger partial charge in [0.05, 0.1) is 6.17 Å². The zero-order chi connectivity index (χ0) is 25.8. The highest BCUT2D eigenvalue weighted by Crippen LogP contribution is 2.44. The van der Waals surface area contributed by atoms with Gasteiger partial charge in [-0.25, -0.2) is 0 Å². The van der Waals surface area contributed by atoms with Crippen molar-refractivity contribution in [2.45, 2.75) is 129 Å². The van der Waals surface area contributed by atoms with Crippen molar-refractivity contribution in [3.8, 4) is 0 Å². The predicted octanol–water partition coefficient (Wildman–Crippen LogP) is 7.98. The van der Waals surface area contributed by atoms with Crippen molar-refractivity contribution in [1.29, 1.82) is 0 Å². The first-order chi connectivity index (χ1) is 16.6. The number of hydrogen-bond acceptors (Lipinski definition) is 2. The fourth-order valence-corrected chi connectivity index (χ4v) is 6.97. The van der Waals surface area contributed by atoms with Crippen molar-refractivity contribution < 1.29 is 13.2 Å². The molecule has 0 radical (unpaired) electrons. The van der Waals surface area contributed by atoms with Gasteiger partial charge in [0.15, 0.2) is 0 Å². The van der Waals surface area contributed by atoms with E-state index in [1.54, 1.807) is 0 Å². The molecule has 1 heterocycles. The lowest BCUT2D eigenvalue weighted by atomic mass is 9.70. The molecular formula is C30H47F3N2. The SMILES string of the molecule is C=C(C)C1[C@@H](Cc2cccc(C)c2CCC)C(CC)N1C(CC)NC(C1CCCCC1)C(F)(F)F. The number of halogens is 3. The van der Waals surface area contributed by atoms with E-state index < -0.39 is 12.2 Å². The third-order valence-corrected chi connectivity index (χ3v) is 8.58. The molecule has 0 spiro atoms.